The molecule has 0 heterocycles. The Balaban J connectivity index is 2.22. The molecule has 1 aliphatic rings. The molecular formula is C15H20O2. The highest BCUT2D eigenvalue weighted by molar-refractivity contribution is 5.54. The van der Waals surface area contributed by atoms with E-state index in [2.05, 4.69) is 13.5 Å². The largest absolute Gasteiger partial charge is 0.493 e. The zero-order valence-corrected chi connectivity index (χ0v) is 10.7. The Kier molecular flexibility index (Phi) is 3.41. The molecule has 0 unspecified atom stereocenters. The normalized spacial score (nSPS) is 17.8. The Morgan fingerprint density at radius 3 is 2.53 bits per heavy atom. The van der Waals surface area contributed by atoms with Crippen molar-refractivity contribution in [3.63, 3.8) is 0 Å². The lowest BCUT2D eigenvalue weighted by Crippen LogP contribution is -2.28. The Morgan fingerprint density at radius 2 is 1.94 bits per heavy atom. The first-order valence-corrected chi connectivity index (χ1v) is 6.16. The zero-order valence-electron chi connectivity index (χ0n) is 10.7. The summed E-state index contributed by atoms with van der Waals surface area (Å²) >= 11 is 0. The zero-order chi connectivity index (χ0) is 12.3. The first-order valence-electron chi connectivity index (χ1n) is 6.16. The van der Waals surface area contributed by atoms with Gasteiger partial charge in [-0.1, -0.05) is 18.7 Å². The smallest absolute Gasteiger partial charge is 0.162 e. The van der Waals surface area contributed by atoms with Gasteiger partial charge >= 0.3 is 0 Å². The van der Waals surface area contributed by atoms with E-state index in [-0.39, 0.29) is 5.60 Å². The third kappa shape index (κ3) is 2.63. The molecule has 0 spiro atoms. The summed E-state index contributed by atoms with van der Waals surface area (Å²) in [6.45, 7) is 5.94. The van der Waals surface area contributed by atoms with Crippen LogP contribution in [0.4, 0.5) is 0 Å². The summed E-state index contributed by atoms with van der Waals surface area (Å²) in [6, 6.07) is 5.93. The third-order valence-corrected chi connectivity index (χ3v) is 3.44. The van der Waals surface area contributed by atoms with Crippen LogP contribution in [0.15, 0.2) is 24.8 Å². The highest BCUT2D eigenvalue weighted by Crippen LogP contribution is 2.38. The highest BCUT2D eigenvalue weighted by Gasteiger charge is 2.31. The molecule has 1 fully saturated rings. The Hall–Kier alpha value is -1.44. The molecule has 0 aromatic heterocycles. The van der Waals surface area contributed by atoms with Crippen molar-refractivity contribution in [3.05, 3.63) is 30.3 Å². The number of methoxy groups -OCH3 is 1. The number of rotatable bonds is 4. The summed E-state index contributed by atoms with van der Waals surface area (Å²) in [7, 11) is 1.67. The van der Waals surface area contributed by atoms with E-state index in [9.17, 15) is 0 Å². The van der Waals surface area contributed by atoms with Gasteiger partial charge in [-0.25, -0.2) is 0 Å². The standard InChI is InChI=1S/C15H20O2/c1-4-12-7-8-13(14(11-12)16-3)17-15(2)9-5-6-10-15/h4,7-8,11H,1,5-6,9-10H2,2-3H3. The molecule has 1 aromatic carbocycles. The van der Waals surface area contributed by atoms with E-state index in [4.69, 9.17) is 9.47 Å². The molecule has 0 radical (unpaired) electrons. The lowest BCUT2D eigenvalue weighted by atomic mass is 10.1. The maximum atomic E-state index is 6.13. The van der Waals surface area contributed by atoms with E-state index in [1.54, 1.807) is 7.11 Å². The molecule has 2 nitrogen and oxygen atoms in total. The van der Waals surface area contributed by atoms with Crippen molar-refractivity contribution in [2.45, 2.75) is 38.2 Å². The molecule has 2 heteroatoms. The van der Waals surface area contributed by atoms with E-state index in [1.807, 2.05) is 24.3 Å². The van der Waals surface area contributed by atoms with Gasteiger partial charge in [-0.05, 0) is 50.3 Å². The number of ether oxygens (including phenoxy) is 2. The van der Waals surface area contributed by atoms with Gasteiger partial charge in [0.15, 0.2) is 11.5 Å². The van der Waals surface area contributed by atoms with Crippen LogP contribution in [-0.4, -0.2) is 12.7 Å². The minimum Gasteiger partial charge on any atom is -0.493 e. The van der Waals surface area contributed by atoms with Crippen LogP contribution in [0.3, 0.4) is 0 Å². The second-order valence-corrected chi connectivity index (χ2v) is 4.87. The topological polar surface area (TPSA) is 18.5 Å². The molecule has 92 valence electrons. The molecule has 1 aromatic rings. The molecule has 0 saturated heterocycles. The molecule has 1 saturated carbocycles. The lowest BCUT2D eigenvalue weighted by molar-refractivity contribution is 0.0927. The van der Waals surface area contributed by atoms with Gasteiger partial charge in [-0.2, -0.15) is 0 Å². The van der Waals surface area contributed by atoms with Crippen LogP contribution in [0.1, 0.15) is 38.2 Å². The van der Waals surface area contributed by atoms with Crippen LogP contribution in [0, 0.1) is 0 Å². The molecule has 0 aliphatic heterocycles. The molecule has 0 N–H and O–H groups in total. The molecule has 0 amide bonds. The quantitative estimate of drug-likeness (QED) is 0.779. The van der Waals surface area contributed by atoms with E-state index in [1.165, 1.54) is 12.8 Å². The summed E-state index contributed by atoms with van der Waals surface area (Å²) in [4.78, 5) is 0. The van der Waals surface area contributed by atoms with Crippen molar-refractivity contribution in [2.24, 2.45) is 0 Å². The molecular weight excluding hydrogens is 212 g/mol. The molecule has 2 rings (SSSR count). The van der Waals surface area contributed by atoms with E-state index >= 15 is 0 Å². The van der Waals surface area contributed by atoms with Gasteiger partial charge in [-0.3, -0.25) is 0 Å². The van der Waals surface area contributed by atoms with E-state index in [0.29, 0.717) is 0 Å². The fourth-order valence-corrected chi connectivity index (χ4v) is 2.39. The predicted molar refractivity (Wildman–Crippen MR) is 70.6 cm³/mol. The summed E-state index contributed by atoms with van der Waals surface area (Å²) < 4.78 is 11.5. The summed E-state index contributed by atoms with van der Waals surface area (Å²) in [6.07, 6.45) is 6.56. The van der Waals surface area contributed by atoms with Crippen LogP contribution in [-0.2, 0) is 0 Å². The Labute approximate surface area is 103 Å². The summed E-state index contributed by atoms with van der Waals surface area (Å²) in [5.41, 5.74) is 1.02. The van der Waals surface area contributed by atoms with Crippen LogP contribution in [0.25, 0.3) is 6.08 Å². The third-order valence-electron chi connectivity index (χ3n) is 3.44. The minimum atomic E-state index is -0.0248. The maximum absolute atomic E-state index is 6.13. The average molecular weight is 232 g/mol. The monoisotopic (exact) mass is 232 g/mol. The van der Waals surface area contributed by atoms with Crippen molar-refractivity contribution in [1.82, 2.24) is 0 Å². The van der Waals surface area contributed by atoms with Crippen LogP contribution < -0.4 is 9.47 Å². The van der Waals surface area contributed by atoms with Crippen molar-refractivity contribution < 1.29 is 9.47 Å². The average Bonchev–Trinajstić information content (AvgIpc) is 2.76. The van der Waals surface area contributed by atoms with Gasteiger partial charge in [0.05, 0.1) is 7.11 Å². The number of hydrogen-bond donors (Lipinski definition) is 0. The highest BCUT2D eigenvalue weighted by atomic mass is 16.5. The second-order valence-electron chi connectivity index (χ2n) is 4.87. The first-order chi connectivity index (χ1) is 8.17. The molecule has 0 bridgehead atoms. The van der Waals surface area contributed by atoms with Gasteiger partial charge < -0.3 is 9.47 Å². The number of hydrogen-bond acceptors (Lipinski definition) is 2. The SMILES string of the molecule is C=Cc1ccc(OC2(C)CCCC2)c(OC)c1. The maximum Gasteiger partial charge on any atom is 0.162 e. The molecule has 17 heavy (non-hydrogen) atoms. The van der Waals surface area contributed by atoms with Crippen molar-refractivity contribution in [3.8, 4) is 11.5 Å². The van der Waals surface area contributed by atoms with Crippen LogP contribution in [0.5, 0.6) is 11.5 Å². The summed E-state index contributed by atoms with van der Waals surface area (Å²) in [5.74, 6) is 1.62. The fourth-order valence-electron chi connectivity index (χ4n) is 2.39. The lowest BCUT2D eigenvalue weighted by Gasteiger charge is -2.26. The van der Waals surface area contributed by atoms with Crippen molar-refractivity contribution in [2.75, 3.05) is 7.11 Å². The summed E-state index contributed by atoms with van der Waals surface area (Å²) in [5, 5.41) is 0. The van der Waals surface area contributed by atoms with Gasteiger partial charge in [-0.15, -0.1) is 0 Å². The second kappa shape index (κ2) is 4.82. The van der Waals surface area contributed by atoms with Crippen LogP contribution in [0.2, 0.25) is 0 Å². The Morgan fingerprint density at radius 1 is 1.24 bits per heavy atom. The molecule has 0 atom stereocenters. The van der Waals surface area contributed by atoms with E-state index in [0.717, 1.165) is 29.9 Å². The van der Waals surface area contributed by atoms with Crippen molar-refractivity contribution >= 4 is 6.08 Å². The van der Waals surface area contributed by atoms with Crippen LogP contribution >= 0.6 is 0 Å². The first kappa shape index (κ1) is 12.0. The van der Waals surface area contributed by atoms with Crippen molar-refractivity contribution in [1.29, 1.82) is 0 Å². The number of benzene rings is 1. The predicted octanol–water partition coefficient (Wildman–Crippen LogP) is 4.05. The van der Waals surface area contributed by atoms with Gasteiger partial charge in [0.2, 0.25) is 0 Å². The van der Waals surface area contributed by atoms with Gasteiger partial charge in [0.1, 0.15) is 5.60 Å². The van der Waals surface area contributed by atoms with Gasteiger partial charge in [0, 0.05) is 0 Å². The Bertz CT molecular complexity index is 403. The molecule has 1 aliphatic carbocycles. The van der Waals surface area contributed by atoms with Gasteiger partial charge in [0.25, 0.3) is 0 Å². The fraction of sp³-hybridized carbons (Fsp3) is 0.467. The minimum absolute atomic E-state index is 0.0248. The van der Waals surface area contributed by atoms with E-state index < -0.39 is 0 Å².